The van der Waals surface area contributed by atoms with Gasteiger partial charge in [-0.05, 0) is 36.8 Å². The van der Waals surface area contributed by atoms with Gasteiger partial charge in [0, 0.05) is 11.8 Å². The van der Waals surface area contributed by atoms with Crippen LogP contribution in [0.3, 0.4) is 0 Å². The van der Waals surface area contributed by atoms with Gasteiger partial charge >= 0.3 is 5.97 Å². The fourth-order valence-corrected chi connectivity index (χ4v) is 2.80. The molecule has 7 nitrogen and oxygen atoms in total. The van der Waals surface area contributed by atoms with Crippen molar-refractivity contribution in [3.8, 4) is 11.5 Å². The van der Waals surface area contributed by atoms with Crippen LogP contribution in [0.4, 0.5) is 0 Å². The van der Waals surface area contributed by atoms with Crippen molar-refractivity contribution in [3.05, 3.63) is 69.8 Å². The normalized spacial score (nSPS) is 10.6. The molecule has 140 valence electrons. The molecule has 0 saturated heterocycles. The van der Waals surface area contributed by atoms with Crippen LogP contribution in [-0.2, 0) is 22.6 Å². The number of aromatic nitrogens is 2. The van der Waals surface area contributed by atoms with Gasteiger partial charge in [0.25, 0.3) is 5.56 Å². The standard InChI is InChI=1S/C20H20N2O5/c1-13-5-4-6-18-21-15(11-19(23)22(13)18)12-27-20(24)10-14-7-8-16(25-2)17(9-14)26-3/h4-9,11H,10,12H2,1-3H3. The smallest absolute Gasteiger partial charge is 0.310 e. The van der Waals surface area contributed by atoms with Crippen molar-refractivity contribution in [2.75, 3.05) is 14.2 Å². The van der Waals surface area contributed by atoms with Crippen LogP contribution in [0.5, 0.6) is 11.5 Å². The summed E-state index contributed by atoms with van der Waals surface area (Å²) in [7, 11) is 3.08. The molecule has 0 aliphatic heterocycles. The molecular weight excluding hydrogens is 348 g/mol. The molecule has 2 heterocycles. The number of esters is 1. The number of ether oxygens (including phenoxy) is 3. The average molecular weight is 368 g/mol. The Bertz CT molecular complexity index is 1040. The van der Waals surface area contributed by atoms with Gasteiger partial charge in [0.05, 0.1) is 26.3 Å². The minimum Gasteiger partial charge on any atom is -0.493 e. The van der Waals surface area contributed by atoms with Crippen LogP contribution in [0.2, 0.25) is 0 Å². The highest BCUT2D eigenvalue weighted by molar-refractivity contribution is 5.73. The van der Waals surface area contributed by atoms with Crippen molar-refractivity contribution < 1.29 is 19.0 Å². The van der Waals surface area contributed by atoms with Crippen molar-refractivity contribution in [1.29, 1.82) is 0 Å². The summed E-state index contributed by atoms with van der Waals surface area (Å²) < 4.78 is 17.2. The lowest BCUT2D eigenvalue weighted by molar-refractivity contribution is -0.144. The third kappa shape index (κ3) is 4.08. The summed E-state index contributed by atoms with van der Waals surface area (Å²) in [6, 6.07) is 12.0. The lowest BCUT2D eigenvalue weighted by Crippen LogP contribution is -2.18. The number of carbonyl (C=O) groups is 1. The Morgan fingerprint density at radius 3 is 2.59 bits per heavy atom. The summed E-state index contributed by atoms with van der Waals surface area (Å²) in [4.78, 5) is 28.8. The quantitative estimate of drug-likeness (QED) is 0.621. The largest absolute Gasteiger partial charge is 0.493 e. The number of aryl methyl sites for hydroxylation is 1. The molecular formula is C20H20N2O5. The molecule has 0 bridgehead atoms. The first-order valence-corrected chi connectivity index (χ1v) is 8.36. The zero-order chi connectivity index (χ0) is 19.4. The number of rotatable bonds is 6. The van der Waals surface area contributed by atoms with E-state index in [0.29, 0.717) is 22.8 Å². The lowest BCUT2D eigenvalue weighted by Gasteiger charge is -2.10. The van der Waals surface area contributed by atoms with Crippen LogP contribution in [0.15, 0.2) is 47.3 Å². The lowest BCUT2D eigenvalue weighted by atomic mass is 10.1. The van der Waals surface area contributed by atoms with E-state index in [1.807, 2.05) is 19.1 Å². The average Bonchev–Trinajstić information content (AvgIpc) is 2.66. The Morgan fingerprint density at radius 2 is 1.85 bits per heavy atom. The molecule has 7 heteroatoms. The fourth-order valence-electron chi connectivity index (χ4n) is 2.80. The maximum atomic E-state index is 12.2. The molecule has 0 radical (unpaired) electrons. The van der Waals surface area contributed by atoms with Gasteiger partial charge in [-0.2, -0.15) is 0 Å². The van der Waals surface area contributed by atoms with Crippen LogP contribution in [0.25, 0.3) is 5.65 Å². The number of carbonyl (C=O) groups excluding carboxylic acids is 1. The van der Waals surface area contributed by atoms with Gasteiger partial charge in [-0.3, -0.25) is 14.0 Å². The predicted molar refractivity (Wildman–Crippen MR) is 99.2 cm³/mol. The summed E-state index contributed by atoms with van der Waals surface area (Å²) >= 11 is 0. The van der Waals surface area contributed by atoms with Crippen LogP contribution in [0, 0.1) is 6.92 Å². The number of fused-ring (bicyclic) bond motifs is 1. The Kier molecular flexibility index (Phi) is 5.40. The third-order valence-electron chi connectivity index (χ3n) is 4.11. The van der Waals surface area contributed by atoms with Gasteiger partial charge in [0.1, 0.15) is 12.3 Å². The second-order valence-electron chi connectivity index (χ2n) is 5.97. The van der Waals surface area contributed by atoms with Crippen LogP contribution in [-0.4, -0.2) is 29.6 Å². The van der Waals surface area contributed by atoms with Crippen molar-refractivity contribution in [2.24, 2.45) is 0 Å². The molecule has 3 rings (SSSR count). The Labute approximate surface area is 156 Å². The van der Waals surface area contributed by atoms with E-state index < -0.39 is 5.97 Å². The molecule has 0 saturated carbocycles. The molecule has 0 spiro atoms. The second kappa shape index (κ2) is 7.90. The van der Waals surface area contributed by atoms with E-state index in [9.17, 15) is 9.59 Å². The molecule has 0 fully saturated rings. The predicted octanol–water partition coefficient (Wildman–Crippen LogP) is 2.31. The minimum absolute atomic E-state index is 0.0637. The molecule has 0 aliphatic carbocycles. The molecule has 27 heavy (non-hydrogen) atoms. The van der Waals surface area contributed by atoms with Gasteiger partial charge in [-0.25, -0.2) is 4.98 Å². The number of nitrogens with zero attached hydrogens (tertiary/aromatic N) is 2. The molecule has 0 amide bonds. The molecule has 3 aromatic rings. The van der Waals surface area contributed by atoms with Crippen LogP contribution in [0.1, 0.15) is 17.0 Å². The van der Waals surface area contributed by atoms with Crippen molar-refractivity contribution in [2.45, 2.75) is 20.0 Å². The van der Waals surface area contributed by atoms with E-state index in [2.05, 4.69) is 4.98 Å². The first kappa shape index (κ1) is 18.4. The number of hydrogen-bond donors (Lipinski definition) is 0. The zero-order valence-electron chi connectivity index (χ0n) is 15.4. The maximum Gasteiger partial charge on any atom is 0.310 e. The van der Waals surface area contributed by atoms with E-state index in [4.69, 9.17) is 14.2 Å². The summed E-state index contributed by atoms with van der Waals surface area (Å²) in [5, 5.41) is 0. The van der Waals surface area contributed by atoms with Gasteiger partial charge in [-0.15, -0.1) is 0 Å². The zero-order valence-corrected chi connectivity index (χ0v) is 15.4. The summed E-state index contributed by atoms with van der Waals surface area (Å²) in [5.74, 6) is 0.710. The van der Waals surface area contributed by atoms with E-state index in [1.54, 1.807) is 31.4 Å². The molecule has 0 aliphatic rings. The number of pyridine rings is 1. The summed E-state index contributed by atoms with van der Waals surface area (Å²) in [6.45, 7) is 1.77. The third-order valence-corrected chi connectivity index (χ3v) is 4.11. The van der Waals surface area contributed by atoms with Crippen molar-refractivity contribution >= 4 is 11.6 Å². The fraction of sp³-hybridized carbons (Fsp3) is 0.250. The first-order chi connectivity index (χ1) is 13.0. The minimum atomic E-state index is -0.423. The molecule has 0 unspecified atom stereocenters. The molecule has 0 N–H and O–H groups in total. The van der Waals surface area contributed by atoms with Crippen LogP contribution < -0.4 is 15.0 Å². The maximum absolute atomic E-state index is 12.2. The number of hydrogen-bond acceptors (Lipinski definition) is 6. The highest BCUT2D eigenvalue weighted by Crippen LogP contribution is 2.27. The van der Waals surface area contributed by atoms with Crippen molar-refractivity contribution in [3.63, 3.8) is 0 Å². The number of benzene rings is 1. The SMILES string of the molecule is COc1ccc(CC(=O)OCc2cc(=O)n3c(C)cccc3n2)cc1OC. The number of methoxy groups -OCH3 is 2. The highest BCUT2D eigenvalue weighted by Gasteiger charge is 2.11. The molecule has 0 atom stereocenters. The monoisotopic (exact) mass is 368 g/mol. The Morgan fingerprint density at radius 1 is 1.07 bits per heavy atom. The molecule has 2 aromatic heterocycles. The summed E-state index contributed by atoms with van der Waals surface area (Å²) in [6.07, 6.45) is 0.0754. The van der Waals surface area contributed by atoms with Gasteiger partial charge < -0.3 is 14.2 Å². The highest BCUT2D eigenvalue weighted by atomic mass is 16.5. The van der Waals surface area contributed by atoms with Gasteiger partial charge in [0.2, 0.25) is 0 Å². The van der Waals surface area contributed by atoms with Crippen molar-refractivity contribution in [1.82, 2.24) is 9.38 Å². The van der Waals surface area contributed by atoms with E-state index in [0.717, 1.165) is 11.3 Å². The van der Waals surface area contributed by atoms with E-state index in [-0.39, 0.29) is 18.6 Å². The van der Waals surface area contributed by atoms with Crippen LogP contribution >= 0.6 is 0 Å². The topological polar surface area (TPSA) is 79.1 Å². The second-order valence-corrected chi connectivity index (χ2v) is 5.97. The Hall–Kier alpha value is -3.35. The summed E-state index contributed by atoms with van der Waals surface area (Å²) in [5.41, 5.74) is 2.26. The first-order valence-electron chi connectivity index (χ1n) is 8.36. The van der Waals surface area contributed by atoms with Gasteiger partial charge in [0.15, 0.2) is 11.5 Å². The Balaban J connectivity index is 1.69. The van der Waals surface area contributed by atoms with E-state index in [1.165, 1.54) is 17.6 Å². The van der Waals surface area contributed by atoms with Gasteiger partial charge in [-0.1, -0.05) is 12.1 Å². The molecule has 1 aromatic carbocycles. The van der Waals surface area contributed by atoms with E-state index >= 15 is 0 Å².